The van der Waals surface area contributed by atoms with E-state index in [0.29, 0.717) is 6.42 Å². The number of aliphatic hydroxyl groups is 2. The van der Waals surface area contributed by atoms with Crippen molar-refractivity contribution in [3.05, 3.63) is 36.0 Å². The molecule has 2 fully saturated rings. The van der Waals surface area contributed by atoms with Gasteiger partial charge in [0.05, 0.1) is 23.9 Å². The number of allylic oxidation sites excluding steroid dienone is 2. The van der Waals surface area contributed by atoms with E-state index in [1.807, 2.05) is 19.9 Å². The molecule has 2 aliphatic heterocycles. The summed E-state index contributed by atoms with van der Waals surface area (Å²) < 4.78 is 22.5. The Morgan fingerprint density at radius 2 is 1.89 bits per heavy atom. The van der Waals surface area contributed by atoms with Crippen LogP contribution in [0.15, 0.2) is 36.0 Å². The molecule has 1 amide bonds. The molecule has 9 atom stereocenters. The van der Waals surface area contributed by atoms with E-state index >= 15 is 0 Å². The number of nitrogens with one attached hydrogen (secondary N) is 1. The van der Waals surface area contributed by atoms with Crippen LogP contribution in [0.5, 0.6) is 0 Å². The van der Waals surface area contributed by atoms with Gasteiger partial charge in [-0.1, -0.05) is 30.7 Å². The first kappa shape index (κ1) is 31.2. The third-order valence-corrected chi connectivity index (χ3v) is 7.08. The van der Waals surface area contributed by atoms with E-state index in [2.05, 4.69) is 18.3 Å². The minimum absolute atomic E-state index is 0.0000649. The van der Waals surface area contributed by atoms with E-state index in [0.717, 1.165) is 12.0 Å². The lowest BCUT2D eigenvalue weighted by atomic mass is 9.84. The Kier molecular flexibility index (Phi) is 11.1. The SMILES string of the molecule is CO[C@]1(C)C[C@](C)(O)[C@H](O)[C@@H](/C=C/C(C)=C/C[C@@H]2O[C@H](C)[C@H](NC(=O)/C=C\[C@H](C)OC(C)=O)C[C@@H]2C)O1. The van der Waals surface area contributed by atoms with Gasteiger partial charge in [0.2, 0.25) is 5.91 Å². The van der Waals surface area contributed by atoms with Gasteiger partial charge in [-0.3, -0.25) is 9.59 Å². The van der Waals surface area contributed by atoms with Gasteiger partial charge in [0.1, 0.15) is 18.3 Å². The topological polar surface area (TPSA) is 124 Å². The van der Waals surface area contributed by atoms with Crippen LogP contribution in [0, 0.1) is 5.92 Å². The van der Waals surface area contributed by atoms with Crippen LogP contribution in [0.25, 0.3) is 0 Å². The van der Waals surface area contributed by atoms with Crippen LogP contribution in [0.3, 0.4) is 0 Å². The van der Waals surface area contributed by atoms with Crippen LogP contribution in [-0.2, 0) is 28.5 Å². The zero-order valence-electron chi connectivity index (χ0n) is 23.4. The summed E-state index contributed by atoms with van der Waals surface area (Å²) in [7, 11) is 1.52. The van der Waals surface area contributed by atoms with Crippen LogP contribution in [-0.4, -0.2) is 77.1 Å². The molecule has 0 aromatic rings. The van der Waals surface area contributed by atoms with Crippen molar-refractivity contribution < 1.29 is 38.7 Å². The van der Waals surface area contributed by atoms with E-state index in [-0.39, 0.29) is 36.5 Å². The maximum atomic E-state index is 12.3. The average Bonchev–Trinajstić information content (AvgIpc) is 2.79. The Morgan fingerprint density at radius 1 is 1.22 bits per heavy atom. The summed E-state index contributed by atoms with van der Waals surface area (Å²) in [6, 6.07) is -0.120. The van der Waals surface area contributed by atoms with E-state index in [9.17, 15) is 19.8 Å². The predicted molar refractivity (Wildman–Crippen MR) is 139 cm³/mol. The Balaban J connectivity index is 1.91. The lowest BCUT2D eigenvalue weighted by Gasteiger charge is -2.47. The summed E-state index contributed by atoms with van der Waals surface area (Å²) in [6.07, 6.45) is 7.85. The molecule has 2 saturated heterocycles. The third kappa shape index (κ3) is 9.33. The molecule has 0 unspecified atom stereocenters. The molecule has 37 heavy (non-hydrogen) atoms. The molecule has 9 heteroatoms. The van der Waals surface area contributed by atoms with E-state index in [1.165, 1.54) is 20.1 Å². The first-order chi connectivity index (χ1) is 17.2. The van der Waals surface area contributed by atoms with Crippen LogP contribution in [0.1, 0.15) is 67.7 Å². The summed E-state index contributed by atoms with van der Waals surface area (Å²) in [4.78, 5) is 23.3. The van der Waals surface area contributed by atoms with Crippen molar-refractivity contribution in [3.63, 3.8) is 0 Å². The van der Waals surface area contributed by atoms with Crippen molar-refractivity contribution in [2.75, 3.05) is 7.11 Å². The van der Waals surface area contributed by atoms with Crippen LogP contribution in [0.4, 0.5) is 0 Å². The summed E-state index contributed by atoms with van der Waals surface area (Å²) >= 11 is 0. The molecule has 2 aliphatic rings. The van der Waals surface area contributed by atoms with Crippen molar-refractivity contribution >= 4 is 11.9 Å². The van der Waals surface area contributed by atoms with Crippen molar-refractivity contribution in [2.45, 2.75) is 116 Å². The zero-order chi connectivity index (χ0) is 28.0. The average molecular weight is 524 g/mol. The number of esters is 1. The second kappa shape index (κ2) is 13.2. The summed E-state index contributed by atoms with van der Waals surface area (Å²) in [6.45, 7) is 12.4. The summed E-state index contributed by atoms with van der Waals surface area (Å²) in [5.74, 6) is -1.41. The maximum Gasteiger partial charge on any atom is 0.303 e. The summed E-state index contributed by atoms with van der Waals surface area (Å²) in [5.41, 5.74) is -0.356. The van der Waals surface area contributed by atoms with Gasteiger partial charge in [-0.15, -0.1) is 0 Å². The molecule has 2 rings (SSSR count). The first-order valence-corrected chi connectivity index (χ1v) is 13.0. The van der Waals surface area contributed by atoms with Gasteiger partial charge in [-0.25, -0.2) is 0 Å². The minimum Gasteiger partial charge on any atom is -0.459 e. The molecule has 0 spiro atoms. The van der Waals surface area contributed by atoms with Crippen molar-refractivity contribution in [3.8, 4) is 0 Å². The van der Waals surface area contributed by atoms with E-state index < -0.39 is 35.7 Å². The highest BCUT2D eigenvalue weighted by molar-refractivity contribution is 5.87. The number of hydrogen-bond acceptors (Lipinski definition) is 8. The minimum atomic E-state index is -1.33. The molecule has 3 N–H and O–H groups in total. The van der Waals surface area contributed by atoms with Crippen molar-refractivity contribution in [1.29, 1.82) is 0 Å². The molecule has 2 heterocycles. The van der Waals surface area contributed by atoms with Gasteiger partial charge in [0.15, 0.2) is 5.79 Å². The molecule has 210 valence electrons. The van der Waals surface area contributed by atoms with Gasteiger partial charge in [-0.05, 0) is 59.5 Å². The number of aliphatic hydroxyl groups excluding tert-OH is 1. The van der Waals surface area contributed by atoms with Gasteiger partial charge >= 0.3 is 5.97 Å². The molecule has 0 bridgehead atoms. The number of carbonyl (C=O) groups excluding carboxylic acids is 2. The fraction of sp³-hybridized carbons (Fsp3) is 0.714. The third-order valence-electron chi connectivity index (χ3n) is 7.08. The smallest absolute Gasteiger partial charge is 0.303 e. The highest BCUT2D eigenvalue weighted by atomic mass is 16.7. The molecular formula is C28H45NO8. The van der Waals surface area contributed by atoms with Gasteiger partial charge < -0.3 is 34.5 Å². The lowest BCUT2D eigenvalue weighted by Crippen LogP contribution is -2.59. The highest BCUT2D eigenvalue weighted by Gasteiger charge is 2.49. The maximum absolute atomic E-state index is 12.3. The van der Waals surface area contributed by atoms with Crippen LogP contribution in [0.2, 0.25) is 0 Å². The zero-order valence-corrected chi connectivity index (χ0v) is 23.4. The fourth-order valence-corrected chi connectivity index (χ4v) is 4.85. The van der Waals surface area contributed by atoms with E-state index in [1.54, 1.807) is 32.9 Å². The van der Waals surface area contributed by atoms with Crippen LogP contribution >= 0.6 is 0 Å². The quantitative estimate of drug-likeness (QED) is 0.239. The Labute approximate surface area is 220 Å². The second-order valence-electron chi connectivity index (χ2n) is 10.8. The number of ether oxygens (including phenoxy) is 4. The Morgan fingerprint density at radius 3 is 2.51 bits per heavy atom. The lowest BCUT2D eigenvalue weighted by molar-refractivity contribution is -0.312. The molecule has 0 radical (unpaired) electrons. The first-order valence-electron chi connectivity index (χ1n) is 13.0. The fourth-order valence-electron chi connectivity index (χ4n) is 4.85. The van der Waals surface area contributed by atoms with Gasteiger partial charge in [0, 0.05) is 26.5 Å². The number of rotatable bonds is 9. The number of hydrogen-bond donors (Lipinski definition) is 3. The predicted octanol–water partition coefficient (Wildman–Crippen LogP) is 2.95. The highest BCUT2D eigenvalue weighted by Crippen LogP contribution is 2.37. The summed E-state index contributed by atoms with van der Waals surface area (Å²) in [5, 5.41) is 24.1. The second-order valence-corrected chi connectivity index (χ2v) is 10.8. The van der Waals surface area contributed by atoms with Crippen LogP contribution < -0.4 is 5.32 Å². The van der Waals surface area contributed by atoms with Crippen molar-refractivity contribution in [1.82, 2.24) is 5.32 Å². The monoisotopic (exact) mass is 523 g/mol. The largest absolute Gasteiger partial charge is 0.459 e. The number of carbonyl (C=O) groups is 2. The number of methoxy groups -OCH3 is 1. The molecular weight excluding hydrogens is 478 g/mol. The molecule has 9 nitrogen and oxygen atoms in total. The molecule has 0 saturated carbocycles. The Bertz CT molecular complexity index is 879. The standard InChI is InChI=1S/C28H45NO8/c1-17(10-13-24-26(32)27(6,33)16-28(7,34-8)37-24)9-12-23-18(2)15-22(20(4)36-23)29-25(31)14-11-19(3)35-21(5)30/h9-11,13-14,18-20,22-24,26,32-33H,12,15-16H2,1-8H3,(H,29,31)/b13-10+,14-11-,17-9+/t18-,19-,20+,22+,23-,24+,26+,27-,28-/m0/s1. The molecule has 0 aromatic heterocycles. The van der Waals surface area contributed by atoms with Crippen molar-refractivity contribution in [2.24, 2.45) is 5.92 Å². The Hall–Kier alpha value is -2.04. The number of amides is 1. The molecule has 0 aliphatic carbocycles. The van der Waals surface area contributed by atoms with E-state index in [4.69, 9.17) is 18.9 Å². The molecule has 0 aromatic carbocycles. The van der Waals surface area contributed by atoms with Gasteiger partial charge in [-0.2, -0.15) is 0 Å². The van der Waals surface area contributed by atoms with Gasteiger partial charge in [0.25, 0.3) is 0 Å². The normalized spacial score (nSPS) is 38.1.